The van der Waals surface area contributed by atoms with Crippen LogP contribution in [-0.4, -0.2) is 30.3 Å². The van der Waals surface area contributed by atoms with Crippen molar-refractivity contribution >= 4 is 5.69 Å². The van der Waals surface area contributed by atoms with Gasteiger partial charge in [0.15, 0.2) is 0 Å². The minimum absolute atomic E-state index is 0.162. The number of hydrogen-bond acceptors (Lipinski definition) is 3. The SMILES string of the molecule is CN(CCO)c1cc[c]nc1. The molecule has 3 nitrogen and oxygen atoms in total. The summed E-state index contributed by atoms with van der Waals surface area (Å²) in [5.74, 6) is 0. The molecule has 1 rings (SSSR count). The van der Waals surface area contributed by atoms with E-state index in [1.165, 1.54) is 0 Å². The summed E-state index contributed by atoms with van der Waals surface area (Å²) in [6.45, 7) is 0.792. The van der Waals surface area contributed by atoms with E-state index in [9.17, 15) is 0 Å². The summed E-state index contributed by atoms with van der Waals surface area (Å²) in [4.78, 5) is 5.77. The quantitative estimate of drug-likeness (QED) is 0.675. The Morgan fingerprint density at radius 2 is 2.55 bits per heavy atom. The number of likely N-dealkylation sites (N-methyl/N-ethyl adjacent to an activating group) is 1. The average molecular weight is 151 g/mol. The van der Waals surface area contributed by atoms with Gasteiger partial charge in [0.05, 0.1) is 24.7 Å². The largest absolute Gasteiger partial charge is 0.395 e. The third-order valence-corrected chi connectivity index (χ3v) is 1.48. The molecule has 0 saturated carbocycles. The lowest BCUT2D eigenvalue weighted by atomic mass is 10.4. The summed E-state index contributed by atoms with van der Waals surface area (Å²) in [5, 5.41) is 8.63. The van der Waals surface area contributed by atoms with Crippen molar-refractivity contribution in [2.45, 2.75) is 0 Å². The predicted molar refractivity (Wildman–Crippen MR) is 43.4 cm³/mol. The van der Waals surface area contributed by atoms with E-state index < -0.39 is 0 Å². The molecule has 0 fully saturated rings. The highest BCUT2D eigenvalue weighted by atomic mass is 16.3. The van der Waals surface area contributed by atoms with Crippen molar-refractivity contribution in [2.24, 2.45) is 0 Å². The maximum atomic E-state index is 8.63. The minimum Gasteiger partial charge on any atom is -0.395 e. The Labute approximate surface area is 66.3 Å². The lowest BCUT2D eigenvalue weighted by Crippen LogP contribution is -2.20. The Bertz CT molecular complexity index is 201. The molecule has 1 radical (unpaired) electrons. The molecule has 0 bridgehead atoms. The molecule has 0 unspecified atom stereocenters. The lowest BCUT2D eigenvalue weighted by Gasteiger charge is -2.16. The van der Waals surface area contributed by atoms with Gasteiger partial charge in [-0.15, -0.1) is 0 Å². The van der Waals surface area contributed by atoms with Gasteiger partial charge in [0.1, 0.15) is 0 Å². The van der Waals surface area contributed by atoms with Crippen LogP contribution in [0.2, 0.25) is 0 Å². The van der Waals surface area contributed by atoms with Gasteiger partial charge in [0, 0.05) is 13.6 Å². The number of anilines is 1. The molecule has 1 N–H and O–H groups in total. The van der Waals surface area contributed by atoms with E-state index in [1.54, 1.807) is 12.3 Å². The maximum absolute atomic E-state index is 8.63. The van der Waals surface area contributed by atoms with Crippen LogP contribution in [0.5, 0.6) is 0 Å². The average Bonchev–Trinajstić information content (AvgIpc) is 2.07. The van der Waals surface area contributed by atoms with Gasteiger partial charge in [-0.25, -0.2) is 0 Å². The summed E-state index contributed by atoms with van der Waals surface area (Å²) in [5.41, 5.74) is 0.998. The van der Waals surface area contributed by atoms with Gasteiger partial charge in [0.25, 0.3) is 0 Å². The fourth-order valence-corrected chi connectivity index (χ4v) is 0.817. The van der Waals surface area contributed by atoms with Crippen LogP contribution in [0.3, 0.4) is 0 Å². The van der Waals surface area contributed by atoms with Crippen molar-refractivity contribution in [3.8, 4) is 0 Å². The van der Waals surface area contributed by atoms with E-state index >= 15 is 0 Å². The molecule has 1 aromatic rings. The second-order valence-electron chi connectivity index (χ2n) is 2.29. The minimum atomic E-state index is 0.162. The summed E-state index contributed by atoms with van der Waals surface area (Å²) in [7, 11) is 1.91. The van der Waals surface area contributed by atoms with Crippen LogP contribution in [0, 0.1) is 6.20 Å². The Balaban J connectivity index is 2.61. The number of hydrogen-bond donors (Lipinski definition) is 1. The molecule has 1 aromatic heterocycles. The van der Waals surface area contributed by atoms with Gasteiger partial charge in [0.2, 0.25) is 0 Å². The molecule has 3 heteroatoms. The van der Waals surface area contributed by atoms with Crippen molar-refractivity contribution in [3.63, 3.8) is 0 Å². The van der Waals surface area contributed by atoms with E-state index in [-0.39, 0.29) is 6.61 Å². The first-order valence-electron chi connectivity index (χ1n) is 3.48. The van der Waals surface area contributed by atoms with E-state index in [2.05, 4.69) is 11.2 Å². The lowest BCUT2D eigenvalue weighted by molar-refractivity contribution is 0.304. The zero-order valence-corrected chi connectivity index (χ0v) is 6.49. The number of aliphatic hydroxyl groups is 1. The van der Waals surface area contributed by atoms with Crippen LogP contribution in [0.15, 0.2) is 18.3 Å². The molecule has 59 valence electrons. The smallest absolute Gasteiger partial charge is 0.0887 e. The molecule has 0 aliphatic carbocycles. The van der Waals surface area contributed by atoms with Crippen molar-refractivity contribution in [2.75, 3.05) is 25.1 Å². The van der Waals surface area contributed by atoms with Gasteiger partial charge >= 0.3 is 0 Å². The van der Waals surface area contributed by atoms with Crippen LogP contribution in [0.1, 0.15) is 0 Å². The summed E-state index contributed by atoms with van der Waals surface area (Å²) in [6, 6.07) is 3.66. The topological polar surface area (TPSA) is 36.4 Å². The zero-order chi connectivity index (χ0) is 8.10. The van der Waals surface area contributed by atoms with E-state index in [1.807, 2.05) is 18.0 Å². The molecule has 0 aliphatic heterocycles. The summed E-state index contributed by atoms with van der Waals surface area (Å²) in [6.07, 6.45) is 4.41. The van der Waals surface area contributed by atoms with Crippen molar-refractivity contribution in [1.29, 1.82) is 0 Å². The number of aromatic nitrogens is 1. The third kappa shape index (κ3) is 2.20. The molecule has 0 aromatic carbocycles. The fraction of sp³-hybridized carbons (Fsp3) is 0.375. The van der Waals surface area contributed by atoms with Gasteiger partial charge in [-0.05, 0) is 12.1 Å². The normalized spacial score (nSPS) is 9.64. The molecule has 0 amide bonds. The predicted octanol–water partition coefficient (Wildman–Crippen LogP) is 0.310. The standard InChI is InChI=1S/C8H11N2O/c1-10(5-6-11)8-3-2-4-9-7-8/h2-3,7,11H,5-6H2,1H3. The number of aliphatic hydroxyl groups excluding tert-OH is 1. The molecule has 0 spiro atoms. The Morgan fingerprint density at radius 3 is 3.09 bits per heavy atom. The van der Waals surface area contributed by atoms with Crippen LogP contribution in [0.25, 0.3) is 0 Å². The molecule has 11 heavy (non-hydrogen) atoms. The van der Waals surface area contributed by atoms with Crippen molar-refractivity contribution in [3.05, 3.63) is 24.5 Å². The van der Waals surface area contributed by atoms with E-state index in [0.717, 1.165) is 5.69 Å². The maximum Gasteiger partial charge on any atom is 0.0887 e. The van der Waals surface area contributed by atoms with Gasteiger partial charge in [-0.2, -0.15) is 0 Å². The third-order valence-electron chi connectivity index (χ3n) is 1.48. The Hall–Kier alpha value is -1.09. The first-order valence-corrected chi connectivity index (χ1v) is 3.48. The monoisotopic (exact) mass is 151 g/mol. The highest BCUT2D eigenvalue weighted by Gasteiger charge is 1.96. The summed E-state index contributed by atoms with van der Waals surface area (Å²) < 4.78 is 0. The van der Waals surface area contributed by atoms with Crippen molar-refractivity contribution in [1.82, 2.24) is 4.98 Å². The van der Waals surface area contributed by atoms with Crippen LogP contribution in [-0.2, 0) is 0 Å². The molecular formula is C8H11N2O. The van der Waals surface area contributed by atoms with E-state index in [4.69, 9.17) is 5.11 Å². The Morgan fingerprint density at radius 1 is 1.73 bits per heavy atom. The van der Waals surface area contributed by atoms with Gasteiger partial charge < -0.3 is 10.0 Å². The first kappa shape index (κ1) is 8.01. The number of pyridine rings is 1. The summed E-state index contributed by atoms with van der Waals surface area (Å²) >= 11 is 0. The number of rotatable bonds is 3. The molecular weight excluding hydrogens is 140 g/mol. The highest BCUT2D eigenvalue weighted by molar-refractivity contribution is 5.42. The second kappa shape index (κ2) is 3.93. The molecule has 1 heterocycles. The Kier molecular flexibility index (Phi) is 2.86. The zero-order valence-electron chi connectivity index (χ0n) is 6.49. The van der Waals surface area contributed by atoms with Crippen LogP contribution < -0.4 is 4.90 Å². The molecule has 0 atom stereocenters. The molecule has 0 aliphatic rings. The van der Waals surface area contributed by atoms with Crippen LogP contribution >= 0.6 is 0 Å². The molecule has 0 saturated heterocycles. The van der Waals surface area contributed by atoms with Crippen LogP contribution in [0.4, 0.5) is 5.69 Å². The fourth-order valence-electron chi connectivity index (χ4n) is 0.817. The van der Waals surface area contributed by atoms with Gasteiger partial charge in [-0.3, -0.25) is 4.98 Å². The highest BCUT2D eigenvalue weighted by Crippen LogP contribution is 2.07. The number of nitrogens with zero attached hydrogens (tertiary/aromatic N) is 2. The van der Waals surface area contributed by atoms with Crippen molar-refractivity contribution < 1.29 is 5.11 Å². The van der Waals surface area contributed by atoms with E-state index in [0.29, 0.717) is 6.54 Å². The van der Waals surface area contributed by atoms with Gasteiger partial charge in [-0.1, -0.05) is 0 Å². The first-order chi connectivity index (χ1) is 5.34. The second-order valence-corrected chi connectivity index (χ2v) is 2.29.